The molecule has 0 unspecified atom stereocenters. The first-order valence-electron chi connectivity index (χ1n) is 9.12. The molecular weight excluding hydrogens is 326 g/mol. The summed E-state index contributed by atoms with van der Waals surface area (Å²) in [6, 6.07) is 13.7. The van der Waals surface area contributed by atoms with Gasteiger partial charge in [-0.15, -0.1) is 0 Å². The summed E-state index contributed by atoms with van der Waals surface area (Å²) in [7, 11) is 0. The van der Waals surface area contributed by atoms with Gasteiger partial charge in [-0.25, -0.2) is 4.98 Å². The normalized spacial score (nSPS) is 14.7. The number of nitrogens with zero attached hydrogens (tertiary/aromatic N) is 3. The van der Waals surface area contributed by atoms with Gasteiger partial charge >= 0.3 is 0 Å². The minimum Gasteiger partial charge on any atom is -0.494 e. The maximum absolute atomic E-state index is 12.4. The van der Waals surface area contributed by atoms with E-state index in [1.807, 2.05) is 53.4 Å². The molecule has 0 bridgehead atoms. The quantitative estimate of drug-likeness (QED) is 0.750. The second-order valence-corrected chi connectivity index (χ2v) is 6.25. The number of amides is 1. The van der Waals surface area contributed by atoms with Crippen LogP contribution in [0.1, 0.15) is 18.9 Å². The highest BCUT2D eigenvalue weighted by Gasteiger charge is 2.20. The molecule has 136 valence electrons. The standard InChI is InChI=1S/C21H25N3O2/c1-2-17-26-19-9-6-18(7-10-19)8-11-21(25)24-15-13-23(14-16-24)20-5-3-4-12-22-20/h3-12H,2,13-17H2,1H3/b11-8+. The third-order valence-electron chi connectivity index (χ3n) is 4.34. The Kier molecular flexibility index (Phi) is 6.25. The maximum Gasteiger partial charge on any atom is 0.246 e. The van der Waals surface area contributed by atoms with Crippen LogP contribution in [-0.2, 0) is 4.79 Å². The minimum absolute atomic E-state index is 0.0528. The summed E-state index contributed by atoms with van der Waals surface area (Å²) in [5.41, 5.74) is 0.995. The van der Waals surface area contributed by atoms with E-state index in [1.165, 1.54) is 0 Å². The highest BCUT2D eigenvalue weighted by atomic mass is 16.5. The van der Waals surface area contributed by atoms with Crippen molar-refractivity contribution in [2.24, 2.45) is 0 Å². The first-order valence-corrected chi connectivity index (χ1v) is 9.12. The Morgan fingerprint density at radius 1 is 1.12 bits per heavy atom. The molecule has 0 atom stereocenters. The van der Waals surface area contributed by atoms with Crippen molar-refractivity contribution in [2.75, 3.05) is 37.7 Å². The molecule has 1 aliphatic heterocycles. The third kappa shape index (κ3) is 4.85. The lowest BCUT2D eigenvalue weighted by atomic mass is 10.2. The first-order chi connectivity index (χ1) is 12.8. The highest BCUT2D eigenvalue weighted by Crippen LogP contribution is 2.15. The van der Waals surface area contributed by atoms with Gasteiger partial charge in [-0.05, 0) is 42.3 Å². The van der Waals surface area contributed by atoms with Gasteiger partial charge in [-0.1, -0.05) is 25.1 Å². The number of rotatable bonds is 6. The summed E-state index contributed by atoms with van der Waals surface area (Å²) < 4.78 is 5.57. The molecule has 1 aromatic heterocycles. The number of hydrogen-bond donors (Lipinski definition) is 0. The predicted molar refractivity (Wildman–Crippen MR) is 104 cm³/mol. The van der Waals surface area contributed by atoms with E-state index in [4.69, 9.17) is 4.74 Å². The molecule has 26 heavy (non-hydrogen) atoms. The van der Waals surface area contributed by atoms with Crippen LogP contribution in [-0.4, -0.2) is 48.6 Å². The molecule has 0 aliphatic carbocycles. The van der Waals surface area contributed by atoms with Crippen LogP contribution >= 0.6 is 0 Å². The monoisotopic (exact) mass is 351 g/mol. The van der Waals surface area contributed by atoms with Crippen molar-refractivity contribution in [1.82, 2.24) is 9.88 Å². The van der Waals surface area contributed by atoms with Gasteiger partial charge in [-0.3, -0.25) is 4.79 Å². The Bertz CT molecular complexity index is 721. The number of carbonyl (C=O) groups is 1. The van der Waals surface area contributed by atoms with Crippen molar-refractivity contribution in [3.8, 4) is 5.75 Å². The number of anilines is 1. The molecule has 3 rings (SSSR count). The number of pyridine rings is 1. The second kappa shape index (κ2) is 9.04. The van der Waals surface area contributed by atoms with Gasteiger partial charge in [0.25, 0.3) is 0 Å². The fraction of sp³-hybridized carbons (Fsp3) is 0.333. The number of carbonyl (C=O) groups excluding carboxylic acids is 1. The van der Waals surface area contributed by atoms with Crippen LogP contribution in [0.25, 0.3) is 6.08 Å². The molecule has 0 radical (unpaired) electrons. The fourth-order valence-electron chi connectivity index (χ4n) is 2.86. The maximum atomic E-state index is 12.4. The van der Waals surface area contributed by atoms with E-state index >= 15 is 0 Å². The lowest BCUT2D eigenvalue weighted by Crippen LogP contribution is -2.48. The van der Waals surface area contributed by atoms with E-state index in [1.54, 1.807) is 12.3 Å². The molecule has 5 heteroatoms. The van der Waals surface area contributed by atoms with E-state index in [0.29, 0.717) is 13.1 Å². The van der Waals surface area contributed by atoms with Gasteiger partial charge in [0, 0.05) is 38.5 Å². The number of hydrogen-bond acceptors (Lipinski definition) is 4. The van der Waals surface area contributed by atoms with E-state index in [0.717, 1.165) is 43.2 Å². The van der Waals surface area contributed by atoms with Gasteiger partial charge < -0.3 is 14.5 Å². The molecular formula is C21H25N3O2. The number of ether oxygens (including phenoxy) is 1. The van der Waals surface area contributed by atoms with E-state index in [2.05, 4.69) is 16.8 Å². The van der Waals surface area contributed by atoms with Crippen molar-refractivity contribution >= 4 is 17.8 Å². The fourth-order valence-corrected chi connectivity index (χ4v) is 2.86. The average Bonchev–Trinajstić information content (AvgIpc) is 2.72. The predicted octanol–water partition coefficient (Wildman–Crippen LogP) is 3.23. The lowest BCUT2D eigenvalue weighted by molar-refractivity contribution is -0.126. The molecule has 1 saturated heterocycles. The topological polar surface area (TPSA) is 45.7 Å². The van der Waals surface area contributed by atoms with Gasteiger partial charge in [0.15, 0.2) is 0 Å². The number of benzene rings is 1. The Hall–Kier alpha value is -2.82. The van der Waals surface area contributed by atoms with Crippen LogP contribution in [0.2, 0.25) is 0 Å². The van der Waals surface area contributed by atoms with E-state index in [9.17, 15) is 4.79 Å². The molecule has 1 fully saturated rings. The molecule has 2 heterocycles. The largest absolute Gasteiger partial charge is 0.494 e. The Balaban J connectivity index is 1.50. The first kappa shape index (κ1) is 18.0. The Labute approximate surface area is 154 Å². The molecule has 2 aromatic rings. The SMILES string of the molecule is CCCOc1ccc(/C=C/C(=O)N2CCN(c3ccccn3)CC2)cc1. The summed E-state index contributed by atoms with van der Waals surface area (Å²) in [5, 5.41) is 0. The summed E-state index contributed by atoms with van der Waals surface area (Å²) in [5.74, 6) is 1.89. The van der Waals surface area contributed by atoms with Crippen LogP contribution in [0.4, 0.5) is 5.82 Å². The summed E-state index contributed by atoms with van der Waals surface area (Å²) >= 11 is 0. The zero-order valence-corrected chi connectivity index (χ0v) is 15.2. The molecule has 1 aliphatic rings. The Morgan fingerprint density at radius 2 is 1.88 bits per heavy atom. The van der Waals surface area contributed by atoms with Crippen molar-refractivity contribution in [2.45, 2.75) is 13.3 Å². The van der Waals surface area contributed by atoms with Crippen molar-refractivity contribution < 1.29 is 9.53 Å². The zero-order valence-electron chi connectivity index (χ0n) is 15.2. The summed E-state index contributed by atoms with van der Waals surface area (Å²) in [6.07, 6.45) is 6.30. The smallest absolute Gasteiger partial charge is 0.246 e. The van der Waals surface area contributed by atoms with Crippen LogP contribution < -0.4 is 9.64 Å². The molecule has 0 spiro atoms. The molecule has 0 saturated carbocycles. The molecule has 1 aromatic carbocycles. The zero-order chi connectivity index (χ0) is 18.2. The van der Waals surface area contributed by atoms with Crippen molar-refractivity contribution in [3.05, 3.63) is 60.3 Å². The lowest BCUT2D eigenvalue weighted by Gasteiger charge is -2.34. The molecule has 5 nitrogen and oxygen atoms in total. The van der Waals surface area contributed by atoms with Crippen LogP contribution in [0.15, 0.2) is 54.7 Å². The summed E-state index contributed by atoms with van der Waals surface area (Å²) in [6.45, 7) is 5.84. The van der Waals surface area contributed by atoms with Gasteiger partial charge in [0.05, 0.1) is 6.61 Å². The van der Waals surface area contributed by atoms with Gasteiger partial charge in [0.1, 0.15) is 11.6 Å². The highest BCUT2D eigenvalue weighted by molar-refractivity contribution is 5.92. The number of aromatic nitrogens is 1. The van der Waals surface area contributed by atoms with Crippen LogP contribution in [0.3, 0.4) is 0 Å². The average molecular weight is 351 g/mol. The molecule has 0 N–H and O–H groups in total. The second-order valence-electron chi connectivity index (χ2n) is 6.25. The molecule has 1 amide bonds. The number of piperazine rings is 1. The van der Waals surface area contributed by atoms with Crippen molar-refractivity contribution in [3.63, 3.8) is 0 Å². The van der Waals surface area contributed by atoms with Gasteiger partial charge in [-0.2, -0.15) is 0 Å². The summed E-state index contributed by atoms with van der Waals surface area (Å²) in [4.78, 5) is 20.9. The van der Waals surface area contributed by atoms with Crippen LogP contribution in [0, 0.1) is 0 Å². The van der Waals surface area contributed by atoms with Crippen LogP contribution in [0.5, 0.6) is 5.75 Å². The third-order valence-corrected chi connectivity index (χ3v) is 4.34. The van der Waals surface area contributed by atoms with Crippen molar-refractivity contribution in [1.29, 1.82) is 0 Å². The van der Waals surface area contributed by atoms with E-state index in [-0.39, 0.29) is 5.91 Å². The van der Waals surface area contributed by atoms with E-state index < -0.39 is 0 Å². The van der Waals surface area contributed by atoms with Gasteiger partial charge in [0.2, 0.25) is 5.91 Å². The minimum atomic E-state index is 0.0528. The Morgan fingerprint density at radius 3 is 2.54 bits per heavy atom.